The molecule has 1 heterocycles. The zero-order valence-electron chi connectivity index (χ0n) is 11.4. The smallest absolute Gasteiger partial charge is 0.134 e. The highest BCUT2D eigenvalue weighted by Crippen LogP contribution is 2.35. The number of fused-ring (bicyclic) bond motifs is 1. The van der Waals surface area contributed by atoms with Gasteiger partial charge in [0, 0.05) is 23.5 Å². The van der Waals surface area contributed by atoms with Crippen LogP contribution in [-0.4, -0.2) is 23.0 Å². The monoisotopic (exact) mass is 274 g/mol. The van der Waals surface area contributed by atoms with Gasteiger partial charge in [0.15, 0.2) is 0 Å². The fourth-order valence-electron chi connectivity index (χ4n) is 2.60. The molecule has 3 heteroatoms. The number of hydrogen-bond acceptors (Lipinski definition) is 2. The molecule has 0 saturated heterocycles. The Morgan fingerprint density at radius 2 is 2.11 bits per heavy atom. The number of pyridine rings is 1. The maximum Gasteiger partial charge on any atom is 0.134 e. The van der Waals surface area contributed by atoms with Crippen LogP contribution in [0.3, 0.4) is 0 Å². The van der Waals surface area contributed by atoms with Crippen molar-refractivity contribution in [1.82, 2.24) is 9.88 Å². The number of rotatable bonds is 4. The SMILES string of the molecule is CC(C1CC1)N(C)Cc1cc2ccccc2nc1Cl. The van der Waals surface area contributed by atoms with Gasteiger partial charge in [-0.2, -0.15) is 0 Å². The van der Waals surface area contributed by atoms with E-state index in [0.29, 0.717) is 11.2 Å². The van der Waals surface area contributed by atoms with Crippen LogP contribution in [0.15, 0.2) is 30.3 Å². The topological polar surface area (TPSA) is 16.1 Å². The van der Waals surface area contributed by atoms with Crippen LogP contribution in [0.1, 0.15) is 25.3 Å². The van der Waals surface area contributed by atoms with Crippen molar-refractivity contribution in [3.63, 3.8) is 0 Å². The third-order valence-corrected chi connectivity index (χ3v) is 4.50. The lowest BCUT2D eigenvalue weighted by molar-refractivity contribution is 0.226. The van der Waals surface area contributed by atoms with E-state index in [0.717, 1.165) is 28.9 Å². The molecule has 0 N–H and O–H groups in total. The van der Waals surface area contributed by atoms with E-state index in [1.165, 1.54) is 12.8 Å². The normalized spacial score (nSPS) is 17.1. The van der Waals surface area contributed by atoms with Gasteiger partial charge in [0.2, 0.25) is 0 Å². The molecule has 3 rings (SSSR count). The van der Waals surface area contributed by atoms with Gasteiger partial charge in [0.05, 0.1) is 5.52 Å². The zero-order valence-corrected chi connectivity index (χ0v) is 12.2. The Morgan fingerprint density at radius 3 is 2.84 bits per heavy atom. The summed E-state index contributed by atoms with van der Waals surface area (Å²) >= 11 is 6.31. The average Bonchev–Trinajstić information content (AvgIpc) is 3.23. The zero-order chi connectivity index (χ0) is 13.4. The molecule has 1 saturated carbocycles. The van der Waals surface area contributed by atoms with Crippen LogP contribution in [0.5, 0.6) is 0 Å². The largest absolute Gasteiger partial charge is 0.299 e. The van der Waals surface area contributed by atoms with E-state index >= 15 is 0 Å². The van der Waals surface area contributed by atoms with E-state index in [9.17, 15) is 0 Å². The van der Waals surface area contributed by atoms with Gasteiger partial charge in [-0.1, -0.05) is 29.8 Å². The summed E-state index contributed by atoms with van der Waals surface area (Å²) < 4.78 is 0. The maximum atomic E-state index is 6.31. The molecule has 0 radical (unpaired) electrons. The highest BCUT2D eigenvalue weighted by atomic mass is 35.5. The first kappa shape index (κ1) is 12.9. The molecule has 0 bridgehead atoms. The van der Waals surface area contributed by atoms with Crippen molar-refractivity contribution in [2.24, 2.45) is 5.92 Å². The second-order valence-electron chi connectivity index (χ2n) is 5.62. The summed E-state index contributed by atoms with van der Waals surface area (Å²) in [6.45, 7) is 3.17. The summed E-state index contributed by atoms with van der Waals surface area (Å²) in [5.41, 5.74) is 2.09. The third-order valence-electron chi connectivity index (χ3n) is 4.17. The Balaban J connectivity index is 1.85. The van der Waals surface area contributed by atoms with Gasteiger partial charge in [0.25, 0.3) is 0 Å². The molecule has 0 aliphatic heterocycles. The van der Waals surface area contributed by atoms with Crippen LogP contribution in [0.25, 0.3) is 10.9 Å². The lowest BCUT2D eigenvalue weighted by Crippen LogP contribution is -2.30. The Hall–Kier alpha value is -1.12. The van der Waals surface area contributed by atoms with Gasteiger partial charge in [-0.15, -0.1) is 0 Å². The van der Waals surface area contributed by atoms with E-state index in [-0.39, 0.29) is 0 Å². The van der Waals surface area contributed by atoms with Crippen molar-refractivity contribution in [3.05, 3.63) is 41.0 Å². The van der Waals surface area contributed by atoms with Crippen molar-refractivity contribution in [2.45, 2.75) is 32.4 Å². The second kappa shape index (κ2) is 5.10. The molecule has 1 fully saturated rings. The molecule has 0 amide bonds. The summed E-state index contributed by atoms with van der Waals surface area (Å²) in [5.74, 6) is 0.872. The minimum Gasteiger partial charge on any atom is -0.299 e. The molecule has 2 nitrogen and oxygen atoms in total. The van der Waals surface area contributed by atoms with Crippen LogP contribution in [0.4, 0.5) is 0 Å². The number of para-hydroxylation sites is 1. The van der Waals surface area contributed by atoms with Crippen LogP contribution in [0.2, 0.25) is 5.15 Å². The van der Waals surface area contributed by atoms with Gasteiger partial charge >= 0.3 is 0 Å². The number of aromatic nitrogens is 1. The van der Waals surface area contributed by atoms with Crippen LogP contribution in [-0.2, 0) is 6.54 Å². The second-order valence-corrected chi connectivity index (χ2v) is 5.98. The van der Waals surface area contributed by atoms with Gasteiger partial charge in [-0.3, -0.25) is 4.90 Å². The Bertz CT molecular complexity index is 592. The molecule has 1 aliphatic rings. The van der Waals surface area contributed by atoms with Gasteiger partial charge in [-0.05, 0) is 44.9 Å². The van der Waals surface area contributed by atoms with Gasteiger partial charge in [0.1, 0.15) is 5.15 Å². The minimum absolute atomic E-state index is 0.627. The Morgan fingerprint density at radius 1 is 1.37 bits per heavy atom. The lowest BCUT2D eigenvalue weighted by Gasteiger charge is -2.25. The molecule has 1 atom stereocenters. The van der Waals surface area contributed by atoms with Crippen molar-refractivity contribution in [2.75, 3.05) is 7.05 Å². The summed E-state index contributed by atoms with van der Waals surface area (Å²) in [7, 11) is 2.18. The molecule has 100 valence electrons. The molecular weight excluding hydrogens is 256 g/mol. The Labute approximate surface area is 119 Å². The van der Waals surface area contributed by atoms with Crippen molar-refractivity contribution >= 4 is 22.5 Å². The quantitative estimate of drug-likeness (QED) is 0.780. The fraction of sp³-hybridized carbons (Fsp3) is 0.438. The van der Waals surface area contributed by atoms with E-state index in [4.69, 9.17) is 11.6 Å². The highest BCUT2D eigenvalue weighted by molar-refractivity contribution is 6.30. The van der Waals surface area contributed by atoms with E-state index in [1.807, 2.05) is 18.2 Å². The predicted octanol–water partition coefficient (Wildman–Crippen LogP) is 4.12. The van der Waals surface area contributed by atoms with Gasteiger partial charge in [-0.25, -0.2) is 4.98 Å². The van der Waals surface area contributed by atoms with Gasteiger partial charge < -0.3 is 0 Å². The lowest BCUT2D eigenvalue weighted by atomic mass is 10.1. The van der Waals surface area contributed by atoms with Crippen molar-refractivity contribution < 1.29 is 0 Å². The maximum absolute atomic E-state index is 6.31. The third kappa shape index (κ3) is 2.75. The fourth-order valence-corrected chi connectivity index (χ4v) is 2.80. The number of benzene rings is 1. The van der Waals surface area contributed by atoms with Crippen LogP contribution < -0.4 is 0 Å². The molecule has 2 aromatic rings. The van der Waals surface area contributed by atoms with Crippen molar-refractivity contribution in [3.8, 4) is 0 Å². The Kier molecular flexibility index (Phi) is 3.46. The first-order chi connectivity index (χ1) is 9.15. The number of halogens is 1. The predicted molar refractivity (Wildman–Crippen MR) is 80.4 cm³/mol. The standard InChI is InChI=1S/C16H19ClN2/c1-11(12-7-8-12)19(2)10-14-9-13-5-3-4-6-15(13)18-16(14)17/h3-6,9,11-12H,7-8,10H2,1-2H3. The molecule has 19 heavy (non-hydrogen) atoms. The first-order valence-corrected chi connectivity index (χ1v) is 7.27. The number of hydrogen-bond donors (Lipinski definition) is 0. The molecule has 1 aromatic heterocycles. The summed E-state index contributed by atoms with van der Waals surface area (Å²) in [6.07, 6.45) is 2.74. The number of nitrogens with zero attached hydrogens (tertiary/aromatic N) is 2. The van der Waals surface area contributed by atoms with E-state index in [1.54, 1.807) is 0 Å². The highest BCUT2D eigenvalue weighted by Gasteiger charge is 2.30. The van der Waals surface area contributed by atoms with Crippen molar-refractivity contribution in [1.29, 1.82) is 0 Å². The minimum atomic E-state index is 0.627. The summed E-state index contributed by atoms with van der Waals surface area (Å²) in [5, 5.41) is 1.79. The molecule has 1 aliphatic carbocycles. The van der Waals surface area contributed by atoms with Crippen LogP contribution >= 0.6 is 11.6 Å². The summed E-state index contributed by atoms with van der Waals surface area (Å²) in [4.78, 5) is 6.87. The molecule has 0 spiro atoms. The molecule has 1 aromatic carbocycles. The van der Waals surface area contributed by atoms with Crippen LogP contribution in [0, 0.1) is 5.92 Å². The summed E-state index contributed by atoms with van der Waals surface area (Å²) in [6, 6.07) is 10.9. The molecular formula is C16H19ClN2. The molecule has 1 unspecified atom stereocenters. The first-order valence-electron chi connectivity index (χ1n) is 6.89. The average molecular weight is 275 g/mol. The van der Waals surface area contributed by atoms with E-state index in [2.05, 4.69) is 36.0 Å². The van der Waals surface area contributed by atoms with E-state index < -0.39 is 0 Å².